The molecule has 1 N–H and O–H groups in total. The Bertz CT molecular complexity index is 369. The fraction of sp³-hybridized carbons (Fsp3) is 0.600. The number of hydrogen-bond donors (Lipinski definition) is 1. The maximum atomic E-state index is 10.3. The monoisotopic (exact) mass is 250 g/mol. The molecule has 1 unspecified atom stereocenters. The molecule has 1 aliphatic carbocycles. The number of thioether (sulfide) groups is 1. The maximum Gasteiger partial charge on any atom is 0.0883 e. The van der Waals surface area contributed by atoms with Crippen molar-refractivity contribution in [1.29, 1.82) is 0 Å². The zero-order valence-corrected chi connectivity index (χ0v) is 11.6. The van der Waals surface area contributed by atoms with E-state index in [1.807, 2.05) is 17.8 Å². The first-order valence-electron chi connectivity index (χ1n) is 6.54. The van der Waals surface area contributed by atoms with Crippen LogP contribution in [0.2, 0.25) is 0 Å². The van der Waals surface area contributed by atoms with E-state index >= 15 is 0 Å². The van der Waals surface area contributed by atoms with Gasteiger partial charge in [0.15, 0.2) is 0 Å². The van der Waals surface area contributed by atoms with Crippen LogP contribution in [0.15, 0.2) is 18.2 Å². The minimum Gasteiger partial charge on any atom is -0.388 e. The molecule has 0 amide bonds. The Morgan fingerprint density at radius 2 is 2.00 bits per heavy atom. The third kappa shape index (κ3) is 3.26. The van der Waals surface area contributed by atoms with Gasteiger partial charge in [0, 0.05) is 11.0 Å². The highest BCUT2D eigenvalue weighted by Crippen LogP contribution is 2.32. The molecule has 94 valence electrons. The molecule has 2 heteroatoms. The van der Waals surface area contributed by atoms with Gasteiger partial charge < -0.3 is 5.11 Å². The van der Waals surface area contributed by atoms with Crippen LogP contribution in [0.4, 0.5) is 0 Å². The summed E-state index contributed by atoms with van der Waals surface area (Å²) in [6.45, 7) is 4.21. The van der Waals surface area contributed by atoms with Crippen LogP contribution in [0.3, 0.4) is 0 Å². The number of aliphatic hydroxyl groups is 1. The lowest BCUT2D eigenvalue weighted by Gasteiger charge is -2.17. The Morgan fingerprint density at radius 3 is 2.71 bits per heavy atom. The van der Waals surface area contributed by atoms with E-state index in [0.29, 0.717) is 0 Å². The quantitative estimate of drug-likeness (QED) is 0.871. The van der Waals surface area contributed by atoms with Gasteiger partial charge in [-0.2, -0.15) is 11.8 Å². The fourth-order valence-corrected chi connectivity index (χ4v) is 3.81. The summed E-state index contributed by atoms with van der Waals surface area (Å²) in [7, 11) is 0. The molecule has 0 saturated heterocycles. The zero-order valence-electron chi connectivity index (χ0n) is 10.8. The lowest BCUT2D eigenvalue weighted by Crippen LogP contribution is -2.07. The minimum atomic E-state index is -0.305. The van der Waals surface area contributed by atoms with Crippen molar-refractivity contribution in [1.82, 2.24) is 0 Å². The van der Waals surface area contributed by atoms with Crippen molar-refractivity contribution in [3.05, 3.63) is 34.9 Å². The zero-order chi connectivity index (χ0) is 12.3. The van der Waals surface area contributed by atoms with Crippen LogP contribution in [0, 0.1) is 13.8 Å². The molecule has 1 fully saturated rings. The van der Waals surface area contributed by atoms with Gasteiger partial charge in [0.1, 0.15) is 0 Å². The lowest BCUT2D eigenvalue weighted by molar-refractivity contribution is 0.203. The molecule has 2 rings (SSSR count). The predicted octanol–water partition coefficient (Wildman–Crippen LogP) is 4.01. The Hall–Kier alpha value is -0.470. The first kappa shape index (κ1) is 13.0. The molecule has 1 saturated carbocycles. The molecule has 1 aromatic rings. The standard InChI is InChI=1S/C15H22OS/c1-11-6-5-9-14(12(11)2)15(16)10-17-13-7-3-4-8-13/h5-6,9,13,15-16H,3-4,7-8,10H2,1-2H3. The summed E-state index contributed by atoms with van der Waals surface area (Å²) in [5.74, 6) is 0.842. The van der Waals surface area contributed by atoms with Gasteiger partial charge in [-0.15, -0.1) is 0 Å². The molecule has 1 atom stereocenters. The van der Waals surface area contributed by atoms with E-state index in [-0.39, 0.29) is 6.10 Å². The van der Waals surface area contributed by atoms with E-state index in [1.54, 1.807) is 0 Å². The predicted molar refractivity (Wildman–Crippen MR) is 75.6 cm³/mol. The second-order valence-electron chi connectivity index (χ2n) is 5.04. The lowest BCUT2D eigenvalue weighted by atomic mass is 10.0. The van der Waals surface area contributed by atoms with Crippen molar-refractivity contribution in [2.75, 3.05) is 5.75 Å². The van der Waals surface area contributed by atoms with Crippen LogP contribution >= 0.6 is 11.8 Å². The highest BCUT2D eigenvalue weighted by molar-refractivity contribution is 7.99. The summed E-state index contributed by atoms with van der Waals surface area (Å²) >= 11 is 1.95. The SMILES string of the molecule is Cc1cccc(C(O)CSC2CCCC2)c1C. The van der Waals surface area contributed by atoms with E-state index in [9.17, 15) is 5.11 Å². The van der Waals surface area contributed by atoms with Gasteiger partial charge in [-0.3, -0.25) is 0 Å². The van der Waals surface area contributed by atoms with Crippen molar-refractivity contribution in [2.24, 2.45) is 0 Å². The molecule has 0 spiro atoms. The molecule has 0 aromatic heterocycles. The van der Waals surface area contributed by atoms with E-state index in [2.05, 4.69) is 26.0 Å². The van der Waals surface area contributed by atoms with E-state index in [0.717, 1.165) is 16.6 Å². The minimum absolute atomic E-state index is 0.305. The third-order valence-electron chi connectivity index (χ3n) is 3.80. The van der Waals surface area contributed by atoms with Gasteiger partial charge in [0.25, 0.3) is 0 Å². The largest absolute Gasteiger partial charge is 0.388 e. The van der Waals surface area contributed by atoms with Crippen LogP contribution < -0.4 is 0 Å². The molecule has 0 bridgehead atoms. The first-order valence-corrected chi connectivity index (χ1v) is 7.59. The van der Waals surface area contributed by atoms with Crippen LogP contribution in [-0.4, -0.2) is 16.1 Å². The summed E-state index contributed by atoms with van der Waals surface area (Å²) in [5.41, 5.74) is 3.62. The van der Waals surface area contributed by atoms with Crippen LogP contribution in [0.1, 0.15) is 48.5 Å². The van der Waals surface area contributed by atoms with Crippen LogP contribution in [0.5, 0.6) is 0 Å². The molecular weight excluding hydrogens is 228 g/mol. The molecule has 0 aliphatic heterocycles. The molecule has 1 aliphatic rings. The Balaban J connectivity index is 1.94. The normalized spacial score (nSPS) is 18.5. The number of hydrogen-bond acceptors (Lipinski definition) is 2. The van der Waals surface area contributed by atoms with Crippen molar-refractivity contribution < 1.29 is 5.11 Å². The fourth-order valence-electron chi connectivity index (χ4n) is 2.51. The Morgan fingerprint density at radius 1 is 1.29 bits per heavy atom. The molecule has 1 aromatic carbocycles. The van der Waals surface area contributed by atoms with E-state index in [4.69, 9.17) is 0 Å². The number of aliphatic hydroxyl groups excluding tert-OH is 1. The molecule has 1 nitrogen and oxygen atoms in total. The Kier molecular flexibility index (Phi) is 4.52. The highest BCUT2D eigenvalue weighted by atomic mass is 32.2. The van der Waals surface area contributed by atoms with Gasteiger partial charge in [0.05, 0.1) is 6.10 Å². The maximum absolute atomic E-state index is 10.3. The second kappa shape index (κ2) is 5.92. The summed E-state index contributed by atoms with van der Waals surface area (Å²) in [6.07, 6.45) is 5.11. The van der Waals surface area contributed by atoms with Crippen LogP contribution in [-0.2, 0) is 0 Å². The summed E-state index contributed by atoms with van der Waals surface area (Å²) in [6, 6.07) is 6.21. The van der Waals surface area contributed by atoms with Gasteiger partial charge in [-0.25, -0.2) is 0 Å². The first-order chi connectivity index (χ1) is 8.18. The van der Waals surface area contributed by atoms with E-state index < -0.39 is 0 Å². The third-order valence-corrected chi connectivity index (χ3v) is 5.25. The van der Waals surface area contributed by atoms with E-state index in [1.165, 1.54) is 36.8 Å². The summed E-state index contributed by atoms with van der Waals surface area (Å²) in [4.78, 5) is 0. The van der Waals surface area contributed by atoms with Crippen molar-refractivity contribution in [2.45, 2.75) is 50.9 Å². The molecular formula is C15H22OS. The van der Waals surface area contributed by atoms with Crippen LogP contribution in [0.25, 0.3) is 0 Å². The average molecular weight is 250 g/mol. The Labute approximate surface area is 109 Å². The number of aryl methyl sites for hydroxylation is 1. The molecule has 0 radical (unpaired) electrons. The number of benzene rings is 1. The average Bonchev–Trinajstić information content (AvgIpc) is 2.82. The van der Waals surface area contributed by atoms with Gasteiger partial charge in [0.2, 0.25) is 0 Å². The van der Waals surface area contributed by atoms with Crippen molar-refractivity contribution in [3.8, 4) is 0 Å². The van der Waals surface area contributed by atoms with Gasteiger partial charge in [-0.1, -0.05) is 31.0 Å². The van der Waals surface area contributed by atoms with Gasteiger partial charge >= 0.3 is 0 Å². The van der Waals surface area contributed by atoms with Crippen molar-refractivity contribution in [3.63, 3.8) is 0 Å². The van der Waals surface area contributed by atoms with Crippen molar-refractivity contribution >= 4 is 11.8 Å². The summed E-state index contributed by atoms with van der Waals surface area (Å²) in [5, 5.41) is 11.1. The molecule has 0 heterocycles. The highest BCUT2D eigenvalue weighted by Gasteiger charge is 2.18. The number of rotatable bonds is 4. The second-order valence-corrected chi connectivity index (χ2v) is 6.38. The smallest absolute Gasteiger partial charge is 0.0883 e. The summed E-state index contributed by atoms with van der Waals surface area (Å²) < 4.78 is 0. The topological polar surface area (TPSA) is 20.2 Å². The van der Waals surface area contributed by atoms with Gasteiger partial charge in [-0.05, 0) is 43.4 Å². The molecule has 17 heavy (non-hydrogen) atoms.